The molecule has 0 saturated carbocycles. The molecule has 0 spiro atoms. The molecule has 632 valence electrons. The van der Waals surface area contributed by atoms with E-state index in [1.807, 2.05) is 140 Å². The van der Waals surface area contributed by atoms with E-state index in [-0.39, 0.29) is 79.2 Å². The molecule has 0 aliphatic rings. The lowest BCUT2D eigenvalue weighted by atomic mass is 9.91. The minimum absolute atomic E-state index is 0.0124. The molecule has 21 nitrogen and oxygen atoms in total. The largest absolute Gasteiger partial charge is 0.489 e. The van der Waals surface area contributed by atoms with Gasteiger partial charge in [0.15, 0.2) is 25.6 Å². The highest BCUT2D eigenvalue weighted by atomic mass is 35.7. The second kappa shape index (κ2) is 51.6. The number of ether oxygens (including phenoxy) is 5. The fourth-order valence-corrected chi connectivity index (χ4v) is 12.7. The summed E-state index contributed by atoms with van der Waals surface area (Å²) < 4.78 is 73.8. The van der Waals surface area contributed by atoms with E-state index in [0.717, 1.165) is 62.6 Å². The number of urea groups is 1. The average molecular weight is 1770 g/mol. The molecule has 0 aromatic heterocycles. The van der Waals surface area contributed by atoms with Crippen LogP contribution in [0.2, 0.25) is 34.7 Å². The van der Waals surface area contributed by atoms with Crippen LogP contribution in [0.5, 0.6) is 17.2 Å². The van der Waals surface area contributed by atoms with E-state index in [1.54, 1.807) is 60.7 Å². The number of carbonyl (C=O) groups is 6. The maximum absolute atomic E-state index is 13.0. The Morgan fingerprint density at radius 2 is 0.712 bits per heavy atom. The van der Waals surface area contributed by atoms with Crippen LogP contribution in [0, 0.1) is 17.8 Å². The molecule has 9 aromatic carbocycles. The third-order valence-electron chi connectivity index (χ3n) is 16.5. The van der Waals surface area contributed by atoms with Gasteiger partial charge in [0, 0.05) is 77.9 Å². The Morgan fingerprint density at radius 1 is 0.441 bits per heavy atom. The van der Waals surface area contributed by atoms with Crippen LogP contribution in [0.4, 0.5) is 14.4 Å². The first kappa shape index (κ1) is 101. The Labute approximate surface area is 719 Å². The molecular formula is C89H104Cl5N5O16S2Si. The SMILES string of the molecule is CC(C)Oc1ccc(C(=O)C[C@H](CNC(N)=O)Cc2ccc(-c3ccccc3)cc2)cc1Cl.CC(C)Oc1ccc(C(=O)C[C@H](CNS(C)(=O)=O)Cc2ccc(-c3ccccc3)cc2)cc1Cl.COC(=O)Cl.COC(=O)NC[C@@H](CC(=O)c1ccc(OC(C)C)c(Cl)c1)Cc1ccc(-c2ccccc2)cc1.CS(=O)(=O)Cl.C[Si](C)(C)N=C=O. The molecule has 118 heavy (non-hydrogen) atoms. The summed E-state index contributed by atoms with van der Waals surface area (Å²) in [5.41, 5.74) is 16.0. The fraction of sp³-hybridized carbons (Fsp3) is 0.315. The second-order valence-electron chi connectivity index (χ2n) is 29.0. The number of nitrogens with zero attached hydrogens (tertiary/aromatic N) is 1. The Hall–Kier alpha value is -9.69. The normalized spacial score (nSPS) is 11.6. The van der Waals surface area contributed by atoms with E-state index in [2.05, 4.69) is 132 Å². The molecule has 0 aliphatic carbocycles. The van der Waals surface area contributed by atoms with E-state index >= 15 is 0 Å². The molecule has 0 aliphatic heterocycles. The molecule has 3 atom stereocenters. The van der Waals surface area contributed by atoms with E-state index < -0.39 is 44.9 Å². The number of nitrogens with one attached hydrogen (secondary N) is 3. The first-order valence-corrected chi connectivity index (χ1v) is 47.1. The van der Waals surface area contributed by atoms with E-state index in [9.17, 15) is 50.4 Å². The third-order valence-corrected chi connectivity index (χ3v) is 19.0. The number of benzene rings is 9. The summed E-state index contributed by atoms with van der Waals surface area (Å²) in [6, 6.07) is 69.6. The van der Waals surface area contributed by atoms with Gasteiger partial charge in [-0.05, 0) is 203 Å². The Balaban J connectivity index is 0.000000337. The van der Waals surface area contributed by atoms with E-state index in [1.165, 1.54) is 14.2 Å². The third kappa shape index (κ3) is 42.1. The van der Waals surface area contributed by atoms with Crippen molar-refractivity contribution in [2.75, 3.05) is 46.4 Å². The van der Waals surface area contributed by atoms with Crippen LogP contribution < -0.4 is 35.3 Å². The molecular weight excluding hydrogens is 1660 g/mol. The predicted octanol–water partition coefficient (Wildman–Crippen LogP) is 20.6. The lowest BCUT2D eigenvalue weighted by Crippen LogP contribution is -2.35. The van der Waals surface area contributed by atoms with Crippen LogP contribution in [0.3, 0.4) is 0 Å². The van der Waals surface area contributed by atoms with Gasteiger partial charge in [-0.15, -0.1) is 0 Å². The fourth-order valence-electron chi connectivity index (χ4n) is 11.2. The number of nitrogens with two attached hydrogens (primary N) is 1. The summed E-state index contributed by atoms with van der Waals surface area (Å²) in [6.07, 6.45) is 5.53. The van der Waals surface area contributed by atoms with Crippen molar-refractivity contribution >= 4 is 125 Å². The van der Waals surface area contributed by atoms with Gasteiger partial charge in [-0.3, -0.25) is 14.4 Å². The standard InChI is InChI=1S/C28H30ClNO4.C27H29ClN2O3.C27H30ClNO4S.C4H9NOSi.C2H3ClO2.CH3ClO2S/c1-19(2)34-27-14-13-24(17-25(27)29)26(31)16-21(18-30-28(32)33-3)15-20-9-11-23(12-10-20)22-7-5-4-6-8-22;1-18(2)33-26-13-12-23(16-24(26)28)25(31)15-20(17-30-27(29)32)14-19-8-10-22(11-9-19)21-6-4-3-5-7-21;1-19(2)33-27-14-13-24(17-25(27)28)26(30)16-21(18-29-34(3,31)32)15-20-9-11-23(12-10-20)22-7-5-4-6-8-22;1-7(2,3)5-4-6;1-5-2(3)4;1-5(2,3)4/h4-14,17,19,21H,15-16,18H2,1-3H3,(H,30,32);3-13,16,18,20H,14-15,17H2,1-2H3,(H3,29,30,32);4-14,17,19,21,29H,15-16,18H2,1-3H3;1-3H3;2*1H3/t21-;20-;21-;;;/m111.../s1. The molecule has 0 radical (unpaired) electrons. The summed E-state index contributed by atoms with van der Waals surface area (Å²) in [5.74, 6) is 0.999. The van der Waals surface area contributed by atoms with E-state index in [0.29, 0.717) is 81.4 Å². The molecule has 29 heteroatoms. The Bertz CT molecular complexity index is 4940. The summed E-state index contributed by atoms with van der Waals surface area (Å²) in [6.45, 7) is 18.2. The zero-order valence-corrected chi connectivity index (χ0v) is 74.8. The summed E-state index contributed by atoms with van der Waals surface area (Å²) >= 11 is 23.5. The number of hydrogen-bond donors (Lipinski definition) is 4. The number of carbonyl (C=O) groups excluding carboxylic acids is 7. The Morgan fingerprint density at radius 3 is 0.932 bits per heavy atom. The number of alkyl carbamates (subject to hydrolysis) is 1. The molecule has 0 saturated heterocycles. The van der Waals surface area contributed by atoms with Crippen LogP contribution in [-0.2, 0) is 52.6 Å². The predicted molar refractivity (Wildman–Crippen MR) is 477 cm³/mol. The molecule has 5 N–H and O–H groups in total. The molecule has 0 unspecified atom stereocenters. The van der Waals surface area contributed by atoms with Crippen molar-refractivity contribution in [3.05, 3.63) is 267 Å². The highest BCUT2D eigenvalue weighted by Crippen LogP contribution is 2.33. The molecule has 0 bridgehead atoms. The number of rotatable bonds is 32. The van der Waals surface area contributed by atoms with E-state index in [4.69, 9.17) is 59.5 Å². The summed E-state index contributed by atoms with van der Waals surface area (Å²) in [4.78, 5) is 80.9. The van der Waals surface area contributed by atoms with Crippen molar-refractivity contribution in [2.45, 2.75) is 118 Å². The van der Waals surface area contributed by atoms with Gasteiger partial charge in [-0.1, -0.05) is 199 Å². The van der Waals surface area contributed by atoms with Gasteiger partial charge < -0.3 is 40.1 Å². The summed E-state index contributed by atoms with van der Waals surface area (Å²) in [7, 11) is -0.988. The number of Topliss-reactive ketones (excluding diaryl/α,β-unsaturated/α-hetero) is 3. The molecule has 3 amide bonds. The van der Waals surface area contributed by atoms with Crippen LogP contribution in [-0.4, -0.2) is 131 Å². The van der Waals surface area contributed by atoms with Crippen molar-refractivity contribution in [3.8, 4) is 50.6 Å². The lowest BCUT2D eigenvalue weighted by molar-refractivity contribution is 0.0951. The van der Waals surface area contributed by atoms with Crippen molar-refractivity contribution in [1.29, 1.82) is 0 Å². The van der Waals surface area contributed by atoms with Crippen molar-refractivity contribution in [1.82, 2.24) is 15.4 Å². The number of halogens is 5. The number of hydrogen-bond acceptors (Lipinski definition) is 17. The first-order valence-electron chi connectivity index (χ1n) is 37.5. The number of primary amides is 1. The minimum atomic E-state index is -3.38. The molecule has 9 aromatic rings. The minimum Gasteiger partial charge on any atom is -0.489 e. The number of ketones is 3. The number of isocyanates is 1. The van der Waals surface area contributed by atoms with Gasteiger partial charge in [0.05, 0.1) is 60.1 Å². The van der Waals surface area contributed by atoms with Gasteiger partial charge in [0.1, 0.15) is 17.2 Å². The second-order valence-corrected chi connectivity index (χ2v) is 39.9. The van der Waals surface area contributed by atoms with Crippen LogP contribution >= 0.6 is 57.1 Å². The van der Waals surface area contributed by atoms with Crippen LogP contribution in [0.1, 0.15) is 109 Å². The number of sulfonamides is 1. The molecule has 0 fully saturated rings. The first-order chi connectivity index (χ1) is 55.6. The zero-order valence-electron chi connectivity index (χ0n) is 68.4. The average Bonchev–Trinajstić information content (AvgIpc) is 0.847. The highest BCUT2D eigenvalue weighted by Gasteiger charge is 2.23. The lowest BCUT2D eigenvalue weighted by Gasteiger charge is -2.18. The maximum Gasteiger partial charge on any atom is 0.406 e. The molecule has 0 heterocycles. The number of methoxy groups -OCH3 is 2. The zero-order chi connectivity index (χ0) is 87.7. The van der Waals surface area contributed by atoms with Gasteiger partial charge >= 0.3 is 17.6 Å². The smallest absolute Gasteiger partial charge is 0.406 e. The highest BCUT2D eigenvalue weighted by molar-refractivity contribution is 8.13. The quantitative estimate of drug-likeness (QED) is 0.0100. The van der Waals surface area contributed by atoms with Gasteiger partial charge in [0.25, 0.3) is 0 Å². The Kier molecular flexibility index (Phi) is 44.0. The van der Waals surface area contributed by atoms with Gasteiger partial charge in [-0.2, -0.15) is 0 Å². The van der Waals surface area contributed by atoms with Crippen LogP contribution in [0.25, 0.3) is 33.4 Å². The van der Waals surface area contributed by atoms with Crippen molar-refractivity contribution in [3.63, 3.8) is 0 Å². The topological polar surface area (TPSA) is 308 Å². The summed E-state index contributed by atoms with van der Waals surface area (Å²) in [5, 5.41) is 6.55. The van der Waals surface area contributed by atoms with Gasteiger partial charge in [0.2, 0.25) is 25.2 Å². The number of amides is 3. The van der Waals surface area contributed by atoms with Crippen molar-refractivity contribution in [2.24, 2.45) is 28.1 Å². The van der Waals surface area contributed by atoms with Crippen molar-refractivity contribution < 1.29 is 74.1 Å². The molecule has 9 rings (SSSR count). The van der Waals surface area contributed by atoms with Crippen LogP contribution in [0.15, 0.2) is 223 Å². The monoisotopic (exact) mass is 1770 g/mol. The van der Waals surface area contributed by atoms with Gasteiger partial charge in [-0.25, -0.2) is 45.4 Å². The maximum atomic E-state index is 13.0.